The molecule has 1 aliphatic heterocycles. The van der Waals surface area contributed by atoms with E-state index in [9.17, 15) is 0 Å². The predicted molar refractivity (Wildman–Crippen MR) is 31.0 cm³/mol. The van der Waals surface area contributed by atoms with Gasteiger partial charge < -0.3 is 17.0 Å². The molecule has 1 saturated heterocycles. The maximum atomic E-state index is 3.83. The Kier molecular flexibility index (Phi) is 4.15. The molecular formula is C6H12BrN. The van der Waals surface area contributed by atoms with Crippen molar-refractivity contribution in [3.63, 3.8) is 0 Å². The lowest BCUT2D eigenvalue weighted by Gasteiger charge is -2.05. The Morgan fingerprint density at radius 1 is 1.00 bits per heavy atom. The van der Waals surface area contributed by atoms with Crippen molar-refractivity contribution in [2.45, 2.75) is 19.3 Å². The first-order chi connectivity index (χ1) is 3.39. The van der Waals surface area contributed by atoms with Crippen LogP contribution in [0.5, 0.6) is 0 Å². The molecule has 0 spiro atoms. The number of halogens is 1. The molecule has 0 saturated carbocycles. The highest BCUT2D eigenvalue weighted by atomic mass is 79.9. The molecular weight excluding hydrogens is 166 g/mol. The monoisotopic (exact) mass is 177 g/mol. The van der Waals surface area contributed by atoms with E-state index >= 15 is 0 Å². The molecule has 48 valence electrons. The summed E-state index contributed by atoms with van der Waals surface area (Å²) in [6.07, 6.45) is 4.11. The molecule has 1 rings (SSSR count). The Bertz CT molecular complexity index is 72.6. The zero-order chi connectivity index (χ0) is 5.11. The molecule has 8 heavy (non-hydrogen) atoms. The van der Waals surface area contributed by atoms with E-state index in [1.165, 1.54) is 32.4 Å². The van der Waals surface area contributed by atoms with Crippen molar-refractivity contribution in [3.8, 4) is 0 Å². The molecule has 1 nitrogen and oxygen atoms in total. The lowest BCUT2D eigenvalue weighted by atomic mass is 10.2. The lowest BCUT2D eigenvalue weighted by Crippen LogP contribution is -3.00. The van der Waals surface area contributed by atoms with Gasteiger partial charge in [0.15, 0.2) is 0 Å². The minimum absolute atomic E-state index is 0. The van der Waals surface area contributed by atoms with Gasteiger partial charge in [0.2, 0.25) is 0 Å². The summed E-state index contributed by atoms with van der Waals surface area (Å²) in [4.78, 5) is 0. The summed E-state index contributed by atoms with van der Waals surface area (Å²) in [5, 5.41) is 0. The Balaban J connectivity index is 0.000000490. The van der Waals surface area contributed by atoms with Crippen molar-refractivity contribution in [2.75, 3.05) is 13.1 Å². The smallest absolute Gasteiger partial charge is 0.142 e. The first-order valence-electron chi connectivity index (χ1n) is 2.95. The zero-order valence-corrected chi connectivity index (χ0v) is 6.65. The van der Waals surface area contributed by atoms with Gasteiger partial charge in [-0.1, -0.05) is 0 Å². The van der Waals surface area contributed by atoms with E-state index in [4.69, 9.17) is 0 Å². The number of hydrogen-bond donors (Lipinski definition) is 0. The van der Waals surface area contributed by atoms with E-state index in [1.54, 1.807) is 0 Å². The van der Waals surface area contributed by atoms with Crippen molar-refractivity contribution in [3.05, 3.63) is 0 Å². The Morgan fingerprint density at radius 3 is 1.75 bits per heavy atom. The molecule has 0 atom stereocenters. The van der Waals surface area contributed by atoms with Gasteiger partial charge in [-0.2, -0.15) is 0 Å². The molecule has 1 fully saturated rings. The molecule has 0 unspecified atom stereocenters. The highest BCUT2D eigenvalue weighted by Crippen LogP contribution is 2.01. The van der Waals surface area contributed by atoms with Gasteiger partial charge in [0, 0.05) is 12.8 Å². The summed E-state index contributed by atoms with van der Waals surface area (Å²) < 4.78 is 2.14. The number of nitrogens with zero attached hydrogens (tertiary/aromatic N) is 1. The minimum Gasteiger partial charge on any atom is -1.00 e. The fourth-order valence-electron chi connectivity index (χ4n) is 0.959. The number of piperidine rings is 1. The first kappa shape index (κ1) is 8.15. The molecule has 0 radical (unpaired) electrons. The molecule has 0 aliphatic carbocycles. The van der Waals surface area contributed by atoms with Crippen LogP contribution in [0.1, 0.15) is 19.3 Å². The third-order valence-electron chi connectivity index (χ3n) is 1.45. The van der Waals surface area contributed by atoms with Crippen LogP contribution >= 0.6 is 0 Å². The summed E-state index contributed by atoms with van der Waals surface area (Å²) in [5.41, 5.74) is 0. The topological polar surface area (TPSA) is 3.01 Å². The summed E-state index contributed by atoms with van der Waals surface area (Å²) in [5.74, 6) is 0. The Morgan fingerprint density at radius 2 is 1.50 bits per heavy atom. The normalized spacial score (nSPS) is 19.8. The maximum absolute atomic E-state index is 3.83. The number of hydrogen-bond acceptors (Lipinski definition) is 0. The average Bonchev–Trinajstić information content (AvgIpc) is 1.69. The molecule has 0 aromatic rings. The zero-order valence-electron chi connectivity index (χ0n) is 5.07. The van der Waals surface area contributed by atoms with E-state index in [1.807, 2.05) is 0 Å². The Hall–Kier alpha value is 0.150. The molecule has 0 aromatic heterocycles. The molecule has 0 amide bonds. The summed E-state index contributed by atoms with van der Waals surface area (Å²) in [7, 11) is 0. The van der Waals surface area contributed by atoms with Crippen LogP contribution in [0, 0.1) is 0 Å². The average molecular weight is 178 g/mol. The van der Waals surface area contributed by atoms with Crippen molar-refractivity contribution >= 4 is 6.72 Å². The second kappa shape index (κ2) is 4.07. The Labute approximate surface area is 61.2 Å². The van der Waals surface area contributed by atoms with Crippen LogP contribution in [0.25, 0.3) is 0 Å². The van der Waals surface area contributed by atoms with Crippen LogP contribution in [0.4, 0.5) is 0 Å². The van der Waals surface area contributed by atoms with Gasteiger partial charge in [-0.15, -0.1) is 0 Å². The van der Waals surface area contributed by atoms with Crippen LogP contribution < -0.4 is 17.0 Å². The van der Waals surface area contributed by atoms with E-state index in [2.05, 4.69) is 11.3 Å². The van der Waals surface area contributed by atoms with Crippen LogP contribution in [0.2, 0.25) is 0 Å². The highest BCUT2D eigenvalue weighted by Gasteiger charge is 2.05. The lowest BCUT2D eigenvalue weighted by molar-refractivity contribution is -0.529. The van der Waals surface area contributed by atoms with Crippen molar-refractivity contribution in [1.29, 1.82) is 0 Å². The van der Waals surface area contributed by atoms with Crippen molar-refractivity contribution in [2.24, 2.45) is 0 Å². The van der Waals surface area contributed by atoms with Gasteiger partial charge in [0.05, 0.1) is 0 Å². The van der Waals surface area contributed by atoms with Crippen LogP contribution in [0.15, 0.2) is 0 Å². The maximum Gasteiger partial charge on any atom is 0.142 e. The minimum atomic E-state index is 0. The van der Waals surface area contributed by atoms with Crippen molar-refractivity contribution in [1.82, 2.24) is 0 Å². The predicted octanol–water partition coefficient (Wildman–Crippen LogP) is -2.11. The van der Waals surface area contributed by atoms with Gasteiger partial charge in [-0.05, 0) is 6.42 Å². The summed E-state index contributed by atoms with van der Waals surface area (Å²) in [6.45, 7) is 6.25. The molecule has 1 aliphatic rings. The van der Waals surface area contributed by atoms with Gasteiger partial charge >= 0.3 is 0 Å². The van der Waals surface area contributed by atoms with E-state index in [0.717, 1.165) is 0 Å². The van der Waals surface area contributed by atoms with Crippen LogP contribution in [0.3, 0.4) is 0 Å². The molecule has 0 bridgehead atoms. The van der Waals surface area contributed by atoms with Gasteiger partial charge in [-0.3, -0.25) is 0 Å². The van der Waals surface area contributed by atoms with Crippen molar-refractivity contribution < 1.29 is 21.6 Å². The van der Waals surface area contributed by atoms with Gasteiger partial charge in [0.25, 0.3) is 0 Å². The second-order valence-corrected chi connectivity index (χ2v) is 2.18. The van der Waals surface area contributed by atoms with Crippen LogP contribution in [-0.2, 0) is 0 Å². The van der Waals surface area contributed by atoms with Crippen LogP contribution in [-0.4, -0.2) is 24.4 Å². The molecule has 1 heterocycles. The number of rotatable bonds is 0. The summed E-state index contributed by atoms with van der Waals surface area (Å²) in [6, 6.07) is 0. The molecule has 0 N–H and O–H groups in total. The molecule has 0 aromatic carbocycles. The van der Waals surface area contributed by atoms with Gasteiger partial charge in [0.1, 0.15) is 19.8 Å². The van der Waals surface area contributed by atoms with E-state index in [0.29, 0.717) is 0 Å². The fourth-order valence-corrected chi connectivity index (χ4v) is 0.959. The van der Waals surface area contributed by atoms with Gasteiger partial charge in [-0.25, -0.2) is 4.58 Å². The quantitative estimate of drug-likeness (QED) is 0.373. The summed E-state index contributed by atoms with van der Waals surface area (Å²) >= 11 is 0. The molecule has 2 heteroatoms. The highest BCUT2D eigenvalue weighted by molar-refractivity contribution is 5.14. The largest absolute Gasteiger partial charge is 1.00 e. The third-order valence-corrected chi connectivity index (χ3v) is 1.45. The third kappa shape index (κ3) is 2.46. The van der Waals surface area contributed by atoms with E-state index in [-0.39, 0.29) is 17.0 Å². The second-order valence-electron chi connectivity index (χ2n) is 2.18. The van der Waals surface area contributed by atoms with E-state index < -0.39 is 0 Å². The standard InChI is InChI=1S/C6H12N.BrH/c1-7-5-3-2-4-6-7;/h1-6H2;1H/q+1;/p-1. The SMILES string of the molecule is C=[N+]1CCCCC1.[Br-]. The first-order valence-corrected chi connectivity index (χ1v) is 2.95. The fraction of sp³-hybridized carbons (Fsp3) is 0.833.